The summed E-state index contributed by atoms with van der Waals surface area (Å²) in [5.74, 6) is 0.355. The van der Waals surface area contributed by atoms with E-state index in [2.05, 4.69) is 4.72 Å². The third kappa shape index (κ3) is 3.74. The zero-order valence-electron chi connectivity index (χ0n) is 13.8. The first kappa shape index (κ1) is 18.8. The second kappa shape index (κ2) is 6.98. The second-order valence-corrected chi connectivity index (χ2v) is 9.82. The molecule has 3 rings (SSSR count). The third-order valence-corrected chi connectivity index (χ3v) is 7.44. The standard InChI is InChI=1S/C16H17ClN2O5S2/c1-24-16-8-5-13(19-9-2-10-25(19,20)21)11-15(16)18-26(22,23)14-6-3-12(17)4-7-14/h3-8,11,18H,2,9-10H2,1H3. The molecular formula is C16H17ClN2O5S2. The van der Waals surface area contributed by atoms with E-state index in [1.807, 2.05) is 0 Å². The molecule has 10 heteroatoms. The van der Waals surface area contributed by atoms with E-state index in [0.29, 0.717) is 23.7 Å². The van der Waals surface area contributed by atoms with Gasteiger partial charge in [0.2, 0.25) is 10.0 Å². The number of hydrogen-bond donors (Lipinski definition) is 1. The van der Waals surface area contributed by atoms with Gasteiger partial charge < -0.3 is 4.74 Å². The van der Waals surface area contributed by atoms with Gasteiger partial charge in [0.1, 0.15) is 5.75 Å². The summed E-state index contributed by atoms with van der Waals surface area (Å²) in [4.78, 5) is 0.0307. The van der Waals surface area contributed by atoms with Gasteiger partial charge in [0.05, 0.1) is 29.1 Å². The highest BCUT2D eigenvalue weighted by Gasteiger charge is 2.29. The zero-order chi connectivity index (χ0) is 18.9. The van der Waals surface area contributed by atoms with E-state index in [9.17, 15) is 16.8 Å². The van der Waals surface area contributed by atoms with E-state index in [4.69, 9.17) is 16.3 Å². The van der Waals surface area contributed by atoms with Crippen LogP contribution in [0.1, 0.15) is 6.42 Å². The molecule has 1 aliphatic rings. The minimum atomic E-state index is -3.89. The van der Waals surface area contributed by atoms with Crippen molar-refractivity contribution in [2.24, 2.45) is 0 Å². The van der Waals surface area contributed by atoms with Gasteiger partial charge in [-0.1, -0.05) is 11.6 Å². The number of methoxy groups -OCH3 is 1. The minimum Gasteiger partial charge on any atom is -0.495 e. The van der Waals surface area contributed by atoms with Crippen molar-refractivity contribution in [1.82, 2.24) is 0 Å². The predicted molar refractivity (Wildman–Crippen MR) is 101 cm³/mol. The highest BCUT2D eigenvalue weighted by Crippen LogP contribution is 2.34. The molecule has 1 aliphatic heterocycles. The Morgan fingerprint density at radius 3 is 2.42 bits per heavy atom. The van der Waals surface area contributed by atoms with Crippen LogP contribution in [-0.2, 0) is 20.0 Å². The highest BCUT2D eigenvalue weighted by atomic mass is 35.5. The summed E-state index contributed by atoms with van der Waals surface area (Å²) in [7, 11) is -5.86. The SMILES string of the molecule is COc1ccc(N2CCCS2(=O)=O)cc1NS(=O)(=O)c1ccc(Cl)cc1. The number of ether oxygens (including phenoxy) is 1. The number of nitrogens with zero attached hydrogens (tertiary/aromatic N) is 1. The molecule has 1 N–H and O–H groups in total. The number of anilines is 2. The molecule has 0 saturated carbocycles. The number of halogens is 1. The minimum absolute atomic E-state index is 0.0307. The molecule has 0 aliphatic carbocycles. The Bertz CT molecular complexity index is 1020. The van der Waals surface area contributed by atoms with Crippen LogP contribution in [-0.4, -0.2) is 36.2 Å². The normalized spacial score (nSPS) is 16.5. The molecule has 1 heterocycles. The number of nitrogens with one attached hydrogen (secondary N) is 1. The molecule has 26 heavy (non-hydrogen) atoms. The topological polar surface area (TPSA) is 92.8 Å². The molecule has 0 amide bonds. The highest BCUT2D eigenvalue weighted by molar-refractivity contribution is 7.93. The predicted octanol–water partition coefficient (Wildman–Crippen LogP) is 2.69. The molecule has 2 aromatic rings. The van der Waals surface area contributed by atoms with Crippen LogP contribution in [0.4, 0.5) is 11.4 Å². The molecule has 2 aromatic carbocycles. The average molecular weight is 417 g/mol. The Labute approximate surface area is 157 Å². The van der Waals surface area contributed by atoms with Crippen LogP contribution >= 0.6 is 11.6 Å². The second-order valence-electron chi connectivity index (χ2n) is 5.69. The lowest BCUT2D eigenvalue weighted by Crippen LogP contribution is -2.25. The van der Waals surface area contributed by atoms with E-state index in [0.717, 1.165) is 0 Å². The smallest absolute Gasteiger partial charge is 0.262 e. The lowest BCUT2D eigenvalue weighted by atomic mass is 10.2. The quantitative estimate of drug-likeness (QED) is 0.808. The monoisotopic (exact) mass is 416 g/mol. The maximum absolute atomic E-state index is 12.6. The van der Waals surface area contributed by atoms with Crippen LogP contribution in [0.25, 0.3) is 0 Å². The fourth-order valence-corrected chi connectivity index (χ4v) is 5.42. The van der Waals surface area contributed by atoms with Crippen molar-refractivity contribution in [2.45, 2.75) is 11.3 Å². The molecule has 0 bridgehead atoms. The molecule has 0 aromatic heterocycles. The molecule has 0 radical (unpaired) electrons. The van der Waals surface area contributed by atoms with Crippen molar-refractivity contribution in [2.75, 3.05) is 28.4 Å². The van der Waals surface area contributed by atoms with Gasteiger partial charge in [0, 0.05) is 11.6 Å². The first-order chi connectivity index (χ1) is 12.2. The molecular weight excluding hydrogens is 400 g/mol. The Balaban J connectivity index is 1.98. The van der Waals surface area contributed by atoms with Gasteiger partial charge in [0.25, 0.3) is 10.0 Å². The van der Waals surface area contributed by atoms with Crippen LogP contribution < -0.4 is 13.8 Å². The fraction of sp³-hybridized carbons (Fsp3) is 0.250. The van der Waals surface area contributed by atoms with Crippen molar-refractivity contribution in [3.8, 4) is 5.75 Å². The van der Waals surface area contributed by atoms with Crippen LogP contribution in [0.2, 0.25) is 5.02 Å². The van der Waals surface area contributed by atoms with Crippen LogP contribution in [0, 0.1) is 0 Å². The largest absolute Gasteiger partial charge is 0.495 e. The van der Waals surface area contributed by atoms with Gasteiger partial charge in [-0.15, -0.1) is 0 Å². The first-order valence-electron chi connectivity index (χ1n) is 7.70. The van der Waals surface area contributed by atoms with Crippen molar-refractivity contribution in [1.29, 1.82) is 0 Å². The molecule has 0 unspecified atom stereocenters. The summed E-state index contributed by atoms with van der Waals surface area (Å²) >= 11 is 5.79. The first-order valence-corrected chi connectivity index (χ1v) is 11.2. The Morgan fingerprint density at radius 1 is 1.15 bits per heavy atom. The van der Waals surface area contributed by atoms with Crippen LogP contribution in [0.3, 0.4) is 0 Å². The molecule has 0 atom stereocenters. The summed E-state index contributed by atoms with van der Waals surface area (Å²) in [6, 6.07) is 10.3. The molecule has 0 spiro atoms. The van der Waals surface area contributed by atoms with Gasteiger partial charge in [-0.3, -0.25) is 9.03 Å². The lowest BCUT2D eigenvalue weighted by Gasteiger charge is -2.19. The van der Waals surface area contributed by atoms with Gasteiger partial charge in [0.15, 0.2) is 0 Å². The van der Waals surface area contributed by atoms with Crippen molar-refractivity contribution in [3.05, 3.63) is 47.5 Å². The van der Waals surface area contributed by atoms with Crippen molar-refractivity contribution < 1.29 is 21.6 Å². The summed E-state index contributed by atoms with van der Waals surface area (Å²) in [6.07, 6.45) is 0.528. The van der Waals surface area contributed by atoms with Crippen molar-refractivity contribution in [3.63, 3.8) is 0 Å². The molecule has 1 fully saturated rings. The number of sulfonamides is 2. The summed E-state index contributed by atoms with van der Waals surface area (Å²) in [5.41, 5.74) is 0.541. The maximum atomic E-state index is 12.6. The maximum Gasteiger partial charge on any atom is 0.262 e. The fourth-order valence-electron chi connectivity index (χ4n) is 2.68. The Hall–Kier alpha value is -1.97. The Morgan fingerprint density at radius 2 is 1.85 bits per heavy atom. The van der Waals surface area contributed by atoms with E-state index in [-0.39, 0.29) is 22.1 Å². The number of rotatable bonds is 5. The molecule has 7 nitrogen and oxygen atoms in total. The van der Waals surface area contributed by atoms with E-state index in [1.165, 1.54) is 47.8 Å². The van der Waals surface area contributed by atoms with Gasteiger partial charge in [-0.05, 0) is 48.9 Å². The zero-order valence-corrected chi connectivity index (χ0v) is 16.2. The van der Waals surface area contributed by atoms with Gasteiger partial charge in [-0.2, -0.15) is 0 Å². The number of hydrogen-bond acceptors (Lipinski definition) is 5. The summed E-state index contributed by atoms with van der Waals surface area (Å²) in [5, 5.41) is 0.419. The molecule has 1 saturated heterocycles. The Kier molecular flexibility index (Phi) is 5.05. The van der Waals surface area contributed by atoms with E-state index in [1.54, 1.807) is 6.07 Å². The van der Waals surface area contributed by atoms with Crippen LogP contribution in [0.15, 0.2) is 47.4 Å². The summed E-state index contributed by atoms with van der Waals surface area (Å²) in [6.45, 7) is 0.359. The lowest BCUT2D eigenvalue weighted by molar-refractivity contribution is 0.417. The van der Waals surface area contributed by atoms with Crippen molar-refractivity contribution >= 4 is 43.0 Å². The third-order valence-electron chi connectivity index (χ3n) is 3.94. The van der Waals surface area contributed by atoms with E-state index < -0.39 is 20.0 Å². The summed E-state index contributed by atoms with van der Waals surface area (Å²) < 4.78 is 58.3. The molecule has 140 valence electrons. The van der Waals surface area contributed by atoms with Crippen LogP contribution in [0.5, 0.6) is 5.75 Å². The number of benzene rings is 2. The van der Waals surface area contributed by atoms with Gasteiger partial charge >= 0.3 is 0 Å². The average Bonchev–Trinajstić information content (AvgIpc) is 2.94. The van der Waals surface area contributed by atoms with Gasteiger partial charge in [-0.25, -0.2) is 16.8 Å². The van der Waals surface area contributed by atoms with E-state index >= 15 is 0 Å².